The maximum Gasteiger partial charge on any atom is 0.00728 e. The van der Waals surface area contributed by atoms with E-state index in [1.165, 1.54) is 32.1 Å². The van der Waals surface area contributed by atoms with E-state index in [2.05, 4.69) is 12.2 Å². The van der Waals surface area contributed by atoms with E-state index in [1.807, 2.05) is 0 Å². The van der Waals surface area contributed by atoms with E-state index in [0.717, 1.165) is 11.8 Å². The highest BCUT2D eigenvalue weighted by molar-refractivity contribution is 4.99. The minimum absolute atomic E-state index is 0.499. The molecule has 2 aliphatic carbocycles. The maximum absolute atomic E-state index is 6.06. The third kappa shape index (κ3) is 1.34. The Morgan fingerprint density at radius 1 is 1.09 bits per heavy atom. The minimum atomic E-state index is 0.499. The Balaban J connectivity index is 2.07. The molecule has 0 heterocycles. The maximum atomic E-state index is 6.06. The molecule has 11 heavy (non-hydrogen) atoms. The fourth-order valence-corrected chi connectivity index (χ4v) is 2.58. The minimum Gasteiger partial charge on any atom is -0.327 e. The van der Waals surface area contributed by atoms with Gasteiger partial charge in [-0.1, -0.05) is 18.6 Å². The average molecular weight is 151 g/mol. The molecule has 0 radical (unpaired) electrons. The molecular formula is C10H17N. The van der Waals surface area contributed by atoms with E-state index in [0.29, 0.717) is 6.04 Å². The van der Waals surface area contributed by atoms with Crippen LogP contribution in [0.5, 0.6) is 0 Å². The summed E-state index contributed by atoms with van der Waals surface area (Å²) in [5.74, 6) is 1.73. The van der Waals surface area contributed by atoms with Gasteiger partial charge in [0.25, 0.3) is 0 Å². The first-order chi connectivity index (χ1) is 5.38. The molecule has 0 aliphatic heterocycles. The molecule has 0 aromatic carbocycles. The third-order valence-electron chi connectivity index (χ3n) is 3.28. The SMILES string of the molecule is NC1CCCC2CC=CCC12. The third-order valence-corrected chi connectivity index (χ3v) is 3.28. The average Bonchev–Trinajstić information content (AvgIpc) is 2.06. The Bertz CT molecular complexity index is 162. The van der Waals surface area contributed by atoms with Crippen LogP contribution in [0.1, 0.15) is 32.1 Å². The van der Waals surface area contributed by atoms with Crippen molar-refractivity contribution in [1.82, 2.24) is 0 Å². The molecule has 2 rings (SSSR count). The second kappa shape index (κ2) is 2.98. The summed E-state index contributed by atoms with van der Waals surface area (Å²) in [6.45, 7) is 0. The van der Waals surface area contributed by atoms with Crippen molar-refractivity contribution < 1.29 is 0 Å². The Hall–Kier alpha value is -0.300. The van der Waals surface area contributed by atoms with Gasteiger partial charge in [0.15, 0.2) is 0 Å². The lowest BCUT2D eigenvalue weighted by atomic mass is 9.71. The quantitative estimate of drug-likeness (QED) is 0.527. The van der Waals surface area contributed by atoms with Crippen LogP contribution in [0.25, 0.3) is 0 Å². The van der Waals surface area contributed by atoms with E-state index in [9.17, 15) is 0 Å². The zero-order chi connectivity index (χ0) is 7.68. The lowest BCUT2D eigenvalue weighted by Crippen LogP contribution is -2.39. The summed E-state index contributed by atoms with van der Waals surface area (Å²) < 4.78 is 0. The van der Waals surface area contributed by atoms with Crippen LogP contribution in [0.15, 0.2) is 12.2 Å². The van der Waals surface area contributed by atoms with Crippen molar-refractivity contribution in [1.29, 1.82) is 0 Å². The van der Waals surface area contributed by atoms with Crippen molar-refractivity contribution in [2.24, 2.45) is 17.6 Å². The summed E-state index contributed by atoms with van der Waals surface area (Å²) in [5, 5.41) is 0. The van der Waals surface area contributed by atoms with E-state index >= 15 is 0 Å². The molecule has 0 spiro atoms. The standard InChI is InChI=1S/C10H17N/c11-10-7-3-5-8-4-1-2-6-9(8)10/h1-2,8-10H,3-7,11H2. The fourth-order valence-electron chi connectivity index (χ4n) is 2.58. The smallest absolute Gasteiger partial charge is 0.00728 e. The van der Waals surface area contributed by atoms with Gasteiger partial charge in [-0.2, -0.15) is 0 Å². The van der Waals surface area contributed by atoms with Crippen LogP contribution in [0, 0.1) is 11.8 Å². The number of hydrogen-bond donors (Lipinski definition) is 1. The lowest BCUT2D eigenvalue weighted by Gasteiger charge is -2.37. The Morgan fingerprint density at radius 2 is 1.91 bits per heavy atom. The van der Waals surface area contributed by atoms with Gasteiger partial charge in [0.1, 0.15) is 0 Å². The Kier molecular flexibility index (Phi) is 1.99. The molecule has 1 nitrogen and oxygen atoms in total. The first-order valence-electron chi connectivity index (χ1n) is 4.78. The van der Waals surface area contributed by atoms with Crippen molar-refractivity contribution in [2.45, 2.75) is 38.1 Å². The van der Waals surface area contributed by atoms with Gasteiger partial charge in [0, 0.05) is 6.04 Å². The zero-order valence-corrected chi connectivity index (χ0v) is 7.00. The highest BCUT2D eigenvalue weighted by atomic mass is 14.7. The summed E-state index contributed by atoms with van der Waals surface area (Å²) >= 11 is 0. The molecule has 1 saturated carbocycles. The van der Waals surface area contributed by atoms with Gasteiger partial charge in [-0.25, -0.2) is 0 Å². The number of hydrogen-bond acceptors (Lipinski definition) is 1. The molecule has 0 bridgehead atoms. The molecule has 2 aliphatic rings. The fraction of sp³-hybridized carbons (Fsp3) is 0.800. The molecule has 1 heteroatoms. The van der Waals surface area contributed by atoms with Gasteiger partial charge >= 0.3 is 0 Å². The van der Waals surface area contributed by atoms with Gasteiger partial charge in [-0.05, 0) is 37.5 Å². The number of allylic oxidation sites excluding steroid dienone is 2. The van der Waals surface area contributed by atoms with Gasteiger partial charge in [0.05, 0.1) is 0 Å². The van der Waals surface area contributed by atoms with Gasteiger partial charge < -0.3 is 5.73 Å². The molecule has 0 aromatic rings. The van der Waals surface area contributed by atoms with Crippen LogP contribution in [-0.2, 0) is 0 Å². The van der Waals surface area contributed by atoms with Crippen molar-refractivity contribution in [3.8, 4) is 0 Å². The van der Waals surface area contributed by atoms with Crippen LogP contribution >= 0.6 is 0 Å². The molecule has 0 amide bonds. The highest BCUT2D eigenvalue weighted by Crippen LogP contribution is 2.36. The molecule has 3 unspecified atom stereocenters. The predicted octanol–water partition coefficient (Wildman–Crippen LogP) is 2.08. The molecule has 3 atom stereocenters. The second-order valence-corrected chi connectivity index (χ2v) is 3.96. The molecule has 62 valence electrons. The largest absolute Gasteiger partial charge is 0.327 e. The Labute approximate surface area is 68.7 Å². The first-order valence-corrected chi connectivity index (χ1v) is 4.78. The first kappa shape index (κ1) is 7.35. The predicted molar refractivity (Wildman–Crippen MR) is 47.2 cm³/mol. The summed E-state index contributed by atoms with van der Waals surface area (Å²) in [5.41, 5.74) is 6.06. The summed E-state index contributed by atoms with van der Waals surface area (Å²) in [6.07, 6.45) is 11.2. The summed E-state index contributed by atoms with van der Waals surface area (Å²) in [7, 11) is 0. The van der Waals surface area contributed by atoms with Gasteiger partial charge in [-0.3, -0.25) is 0 Å². The molecule has 1 fully saturated rings. The second-order valence-electron chi connectivity index (χ2n) is 3.96. The van der Waals surface area contributed by atoms with E-state index in [1.54, 1.807) is 0 Å². The van der Waals surface area contributed by atoms with E-state index < -0.39 is 0 Å². The molecule has 0 saturated heterocycles. The van der Waals surface area contributed by atoms with Crippen LogP contribution in [-0.4, -0.2) is 6.04 Å². The van der Waals surface area contributed by atoms with Gasteiger partial charge in [-0.15, -0.1) is 0 Å². The monoisotopic (exact) mass is 151 g/mol. The van der Waals surface area contributed by atoms with Crippen molar-refractivity contribution in [3.05, 3.63) is 12.2 Å². The van der Waals surface area contributed by atoms with E-state index in [-0.39, 0.29) is 0 Å². The van der Waals surface area contributed by atoms with Crippen LogP contribution in [0.4, 0.5) is 0 Å². The van der Waals surface area contributed by atoms with Gasteiger partial charge in [0.2, 0.25) is 0 Å². The zero-order valence-electron chi connectivity index (χ0n) is 7.00. The van der Waals surface area contributed by atoms with Crippen molar-refractivity contribution >= 4 is 0 Å². The van der Waals surface area contributed by atoms with Crippen LogP contribution in [0.2, 0.25) is 0 Å². The number of fused-ring (bicyclic) bond motifs is 1. The normalized spacial score (nSPS) is 43.5. The highest BCUT2D eigenvalue weighted by Gasteiger charge is 2.30. The van der Waals surface area contributed by atoms with Crippen LogP contribution in [0.3, 0.4) is 0 Å². The number of rotatable bonds is 0. The summed E-state index contributed by atoms with van der Waals surface area (Å²) in [6, 6.07) is 0.499. The van der Waals surface area contributed by atoms with Crippen molar-refractivity contribution in [2.75, 3.05) is 0 Å². The van der Waals surface area contributed by atoms with E-state index in [4.69, 9.17) is 5.73 Å². The summed E-state index contributed by atoms with van der Waals surface area (Å²) in [4.78, 5) is 0. The van der Waals surface area contributed by atoms with Crippen molar-refractivity contribution in [3.63, 3.8) is 0 Å². The lowest BCUT2D eigenvalue weighted by molar-refractivity contribution is 0.199. The number of nitrogens with two attached hydrogens (primary N) is 1. The molecular weight excluding hydrogens is 134 g/mol. The Morgan fingerprint density at radius 3 is 2.73 bits per heavy atom. The molecule has 2 N–H and O–H groups in total. The molecule has 0 aromatic heterocycles. The van der Waals surface area contributed by atoms with Crippen LogP contribution < -0.4 is 5.73 Å². The topological polar surface area (TPSA) is 26.0 Å².